The molecule has 0 unspecified atom stereocenters. The van der Waals surface area contributed by atoms with Gasteiger partial charge in [-0.25, -0.2) is 0 Å². The summed E-state index contributed by atoms with van der Waals surface area (Å²) in [5.41, 5.74) is 0. The summed E-state index contributed by atoms with van der Waals surface area (Å²) in [7, 11) is 0. The third-order valence-electron chi connectivity index (χ3n) is 0.579. The Kier molecular flexibility index (Phi) is 5.14. The highest BCUT2D eigenvalue weighted by Crippen LogP contribution is 1.79. The molecule has 0 aromatic rings. The lowest BCUT2D eigenvalue weighted by atomic mass is 10.3. The molecule has 0 aromatic carbocycles. The zero-order valence-electron chi connectivity index (χ0n) is 4.57. The molecule has 1 heteroatoms. The van der Waals surface area contributed by atoms with Gasteiger partial charge in [0.05, 0.1) is 0 Å². The molecule has 0 bridgehead atoms. The third-order valence-corrected chi connectivity index (χ3v) is 0.579. The molecule has 0 aliphatic rings. The SMILES string of the molecule is CCCC#CCO. The largest absolute Gasteiger partial charge is 0.384 e. The highest BCUT2D eigenvalue weighted by atomic mass is 16.2. The van der Waals surface area contributed by atoms with Crippen LogP contribution in [-0.2, 0) is 0 Å². The van der Waals surface area contributed by atoms with Crippen molar-refractivity contribution in [3.63, 3.8) is 0 Å². The topological polar surface area (TPSA) is 20.2 Å². The summed E-state index contributed by atoms with van der Waals surface area (Å²) in [5.74, 6) is 5.34. The van der Waals surface area contributed by atoms with E-state index in [0.717, 1.165) is 12.8 Å². The van der Waals surface area contributed by atoms with Gasteiger partial charge in [0.25, 0.3) is 0 Å². The van der Waals surface area contributed by atoms with Gasteiger partial charge in [-0.2, -0.15) is 0 Å². The fourth-order valence-corrected chi connectivity index (χ4v) is 0.269. The van der Waals surface area contributed by atoms with Gasteiger partial charge in [-0.3, -0.25) is 0 Å². The van der Waals surface area contributed by atoms with E-state index in [1.54, 1.807) is 0 Å². The Labute approximate surface area is 44.4 Å². The Balaban J connectivity index is 2.91. The van der Waals surface area contributed by atoms with Crippen LogP contribution in [0.4, 0.5) is 0 Å². The molecule has 0 aliphatic heterocycles. The molecule has 0 fully saturated rings. The van der Waals surface area contributed by atoms with E-state index in [9.17, 15) is 0 Å². The first kappa shape index (κ1) is 6.52. The van der Waals surface area contributed by atoms with Crippen molar-refractivity contribution >= 4 is 0 Å². The maximum absolute atomic E-state index is 8.12. The van der Waals surface area contributed by atoms with Crippen LogP contribution in [0, 0.1) is 11.8 Å². The average molecular weight is 98.1 g/mol. The molecule has 1 nitrogen and oxygen atoms in total. The van der Waals surface area contributed by atoms with E-state index in [-0.39, 0.29) is 6.61 Å². The second-order valence-corrected chi connectivity index (χ2v) is 1.26. The molecule has 7 heavy (non-hydrogen) atoms. The second kappa shape index (κ2) is 5.52. The molecular formula is C6H10O. The Hall–Kier alpha value is -0.480. The van der Waals surface area contributed by atoms with Crippen LogP contribution < -0.4 is 0 Å². The van der Waals surface area contributed by atoms with Gasteiger partial charge in [0.2, 0.25) is 0 Å². The average Bonchev–Trinajstić information content (AvgIpc) is 1.69. The van der Waals surface area contributed by atoms with Crippen molar-refractivity contribution in [3.8, 4) is 11.8 Å². The van der Waals surface area contributed by atoms with E-state index in [0.29, 0.717) is 0 Å². The molecule has 0 radical (unpaired) electrons. The van der Waals surface area contributed by atoms with Crippen LogP contribution in [0.3, 0.4) is 0 Å². The lowest BCUT2D eigenvalue weighted by Gasteiger charge is -1.74. The van der Waals surface area contributed by atoms with Crippen molar-refractivity contribution in [1.29, 1.82) is 0 Å². The number of hydrogen-bond donors (Lipinski definition) is 1. The van der Waals surface area contributed by atoms with Crippen LogP contribution in [0.2, 0.25) is 0 Å². The van der Waals surface area contributed by atoms with Gasteiger partial charge >= 0.3 is 0 Å². The summed E-state index contributed by atoms with van der Waals surface area (Å²) >= 11 is 0. The number of rotatable bonds is 1. The van der Waals surface area contributed by atoms with Crippen LogP contribution in [0.25, 0.3) is 0 Å². The summed E-state index contributed by atoms with van der Waals surface area (Å²) in [6.07, 6.45) is 1.98. The zero-order chi connectivity index (χ0) is 5.54. The van der Waals surface area contributed by atoms with E-state index in [2.05, 4.69) is 18.8 Å². The van der Waals surface area contributed by atoms with Crippen LogP contribution in [0.5, 0.6) is 0 Å². The lowest BCUT2D eigenvalue weighted by molar-refractivity contribution is 0.350. The number of aliphatic hydroxyl groups is 1. The minimum atomic E-state index is 0. The number of hydrogen-bond acceptors (Lipinski definition) is 1. The third kappa shape index (κ3) is 5.52. The Bertz CT molecular complexity index is 75.9. The standard InChI is InChI=1S/C6H10O/c1-2-3-4-5-6-7/h7H,2-3,6H2,1H3. The minimum absolute atomic E-state index is 0. The quantitative estimate of drug-likeness (QED) is 0.480. The van der Waals surface area contributed by atoms with E-state index in [4.69, 9.17) is 5.11 Å². The Morgan fingerprint density at radius 1 is 1.43 bits per heavy atom. The Morgan fingerprint density at radius 3 is 2.57 bits per heavy atom. The first-order valence-electron chi connectivity index (χ1n) is 2.48. The van der Waals surface area contributed by atoms with Crippen molar-refractivity contribution in [2.75, 3.05) is 6.61 Å². The van der Waals surface area contributed by atoms with Crippen LogP contribution in [0.1, 0.15) is 19.8 Å². The van der Waals surface area contributed by atoms with Crippen molar-refractivity contribution in [2.45, 2.75) is 19.8 Å². The van der Waals surface area contributed by atoms with Gasteiger partial charge in [-0.1, -0.05) is 12.8 Å². The van der Waals surface area contributed by atoms with Crippen molar-refractivity contribution in [3.05, 3.63) is 0 Å². The molecule has 1 N–H and O–H groups in total. The van der Waals surface area contributed by atoms with Gasteiger partial charge in [0.1, 0.15) is 6.61 Å². The predicted octanol–water partition coefficient (Wildman–Crippen LogP) is 0.782. The minimum Gasteiger partial charge on any atom is -0.384 e. The summed E-state index contributed by atoms with van der Waals surface area (Å²) in [4.78, 5) is 0. The van der Waals surface area contributed by atoms with Crippen LogP contribution >= 0.6 is 0 Å². The monoisotopic (exact) mass is 98.1 g/mol. The van der Waals surface area contributed by atoms with E-state index < -0.39 is 0 Å². The lowest BCUT2D eigenvalue weighted by Crippen LogP contribution is -1.70. The molecular weight excluding hydrogens is 88.1 g/mol. The van der Waals surface area contributed by atoms with Gasteiger partial charge in [0, 0.05) is 6.42 Å². The number of aliphatic hydroxyl groups excluding tert-OH is 1. The number of unbranched alkanes of at least 4 members (excludes halogenated alkanes) is 1. The predicted molar refractivity (Wildman–Crippen MR) is 29.8 cm³/mol. The van der Waals surface area contributed by atoms with E-state index in [1.165, 1.54) is 0 Å². The summed E-state index contributed by atoms with van der Waals surface area (Å²) < 4.78 is 0. The molecule has 0 aromatic heterocycles. The first-order valence-corrected chi connectivity index (χ1v) is 2.48. The molecule has 0 atom stereocenters. The fraction of sp³-hybridized carbons (Fsp3) is 0.667. The summed E-state index contributed by atoms with van der Waals surface area (Å²) in [6.45, 7) is 2.06. The van der Waals surface area contributed by atoms with Crippen molar-refractivity contribution in [2.24, 2.45) is 0 Å². The highest BCUT2D eigenvalue weighted by molar-refractivity contribution is 4.97. The van der Waals surface area contributed by atoms with Gasteiger partial charge in [-0.05, 0) is 6.42 Å². The second-order valence-electron chi connectivity index (χ2n) is 1.26. The molecule has 0 rings (SSSR count). The normalized spacial score (nSPS) is 7.14. The van der Waals surface area contributed by atoms with Crippen LogP contribution in [0.15, 0.2) is 0 Å². The van der Waals surface area contributed by atoms with Gasteiger partial charge < -0.3 is 5.11 Å². The highest BCUT2D eigenvalue weighted by Gasteiger charge is 1.66. The van der Waals surface area contributed by atoms with E-state index >= 15 is 0 Å². The zero-order valence-corrected chi connectivity index (χ0v) is 4.57. The molecule has 0 amide bonds. The Morgan fingerprint density at radius 2 is 2.14 bits per heavy atom. The molecule has 40 valence electrons. The molecule has 0 spiro atoms. The molecule has 0 aliphatic carbocycles. The summed E-state index contributed by atoms with van der Waals surface area (Å²) in [5, 5.41) is 8.12. The fourth-order valence-electron chi connectivity index (χ4n) is 0.269. The molecule has 0 saturated carbocycles. The van der Waals surface area contributed by atoms with Gasteiger partial charge in [-0.15, -0.1) is 5.92 Å². The van der Waals surface area contributed by atoms with Crippen molar-refractivity contribution in [1.82, 2.24) is 0 Å². The molecule has 0 saturated heterocycles. The smallest absolute Gasteiger partial charge is 0.104 e. The summed E-state index contributed by atoms with van der Waals surface area (Å²) in [6, 6.07) is 0. The van der Waals surface area contributed by atoms with Gasteiger partial charge in [0.15, 0.2) is 0 Å². The maximum Gasteiger partial charge on any atom is 0.104 e. The first-order chi connectivity index (χ1) is 3.41. The van der Waals surface area contributed by atoms with Crippen molar-refractivity contribution < 1.29 is 5.11 Å². The van der Waals surface area contributed by atoms with Crippen LogP contribution in [-0.4, -0.2) is 11.7 Å². The van der Waals surface area contributed by atoms with E-state index in [1.807, 2.05) is 0 Å². The molecule has 0 heterocycles. The maximum atomic E-state index is 8.12.